The lowest BCUT2D eigenvalue weighted by Gasteiger charge is -2.14. The Hall–Kier alpha value is -2.15. The van der Waals surface area contributed by atoms with Crippen LogP contribution in [0.4, 0.5) is 10.5 Å². The molecule has 0 saturated carbocycles. The van der Waals surface area contributed by atoms with E-state index in [0.29, 0.717) is 5.02 Å². The van der Waals surface area contributed by atoms with Gasteiger partial charge in [-0.3, -0.25) is 10.1 Å². The van der Waals surface area contributed by atoms with Crippen molar-refractivity contribution in [2.45, 2.75) is 0 Å². The summed E-state index contributed by atoms with van der Waals surface area (Å²) in [6.07, 6.45) is 0. The molecule has 0 atom stereocenters. The van der Waals surface area contributed by atoms with Crippen LogP contribution in [0.25, 0.3) is 0 Å². The Labute approximate surface area is 159 Å². The molecular formula is C16H13Cl3N2O4. The highest BCUT2D eigenvalue weighted by atomic mass is 35.5. The van der Waals surface area contributed by atoms with E-state index in [4.69, 9.17) is 44.3 Å². The van der Waals surface area contributed by atoms with E-state index in [1.807, 2.05) is 0 Å². The zero-order chi connectivity index (χ0) is 18.6. The molecule has 2 N–H and O–H groups in total. The van der Waals surface area contributed by atoms with Gasteiger partial charge < -0.3 is 14.8 Å². The molecule has 0 spiro atoms. The Kier molecular flexibility index (Phi) is 6.36. The topological polar surface area (TPSA) is 76.7 Å². The minimum atomic E-state index is -0.830. The number of carbonyl (C=O) groups excluding carboxylic acids is 2. The number of ether oxygens (including phenoxy) is 2. The van der Waals surface area contributed by atoms with Crippen LogP contribution in [0.2, 0.25) is 15.1 Å². The quantitative estimate of drug-likeness (QED) is 0.780. The third-order valence-electron chi connectivity index (χ3n) is 3.13. The molecule has 0 radical (unpaired) electrons. The fourth-order valence-corrected chi connectivity index (χ4v) is 2.96. The molecule has 6 nitrogen and oxygen atoms in total. The lowest BCUT2D eigenvalue weighted by molar-refractivity contribution is 0.0961. The van der Waals surface area contributed by atoms with Gasteiger partial charge in [-0.1, -0.05) is 40.9 Å². The Balaban J connectivity index is 2.21. The van der Waals surface area contributed by atoms with Crippen molar-refractivity contribution in [3.8, 4) is 11.5 Å². The first kappa shape index (κ1) is 19.2. The van der Waals surface area contributed by atoms with Crippen LogP contribution in [0.15, 0.2) is 30.3 Å². The summed E-state index contributed by atoms with van der Waals surface area (Å²) in [5, 5.41) is 5.15. The Morgan fingerprint density at radius 3 is 1.96 bits per heavy atom. The second-order valence-electron chi connectivity index (χ2n) is 4.69. The van der Waals surface area contributed by atoms with E-state index in [9.17, 15) is 9.59 Å². The fourth-order valence-electron chi connectivity index (χ4n) is 2.05. The van der Waals surface area contributed by atoms with Gasteiger partial charge in [0.1, 0.15) is 17.1 Å². The summed E-state index contributed by atoms with van der Waals surface area (Å²) < 4.78 is 10.3. The largest absolute Gasteiger partial charge is 0.496 e. The first-order valence-electron chi connectivity index (χ1n) is 6.85. The molecular weight excluding hydrogens is 391 g/mol. The van der Waals surface area contributed by atoms with Gasteiger partial charge >= 0.3 is 6.03 Å². The Morgan fingerprint density at radius 1 is 0.960 bits per heavy atom. The summed E-state index contributed by atoms with van der Waals surface area (Å²) in [5.41, 5.74) is 0.209. The number of methoxy groups -OCH3 is 2. The van der Waals surface area contributed by atoms with Crippen molar-refractivity contribution in [1.82, 2.24) is 5.32 Å². The Bertz CT molecular complexity index is 782. The van der Waals surface area contributed by atoms with E-state index < -0.39 is 11.9 Å². The van der Waals surface area contributed by atoms with Gasteiger partial charge in [0.25, 0.3) is 5.91 Å². The smallest absolute Gasteiger partial charge is 0.326 e. The van der Waals surface area contributed by atoms with E-state index in [2.05, 4.69) is 10.6 Å². The Morgan fingerprint density at radius 2 is 1.48 bits per heavy atom. The number of halogens is 3. The van der Waals surface area contributed by atoms with E-state index in [1.54, 1.807) is 18.2 Å². The summed E-state index contributed by atoms with van der Waals surface area (Å²) in [6.45, 7) is 0. The molecule has 132 valence electrons. The van der Waals surface area contributed by atoms with Crippen molar-refractivity contribution >= 4 is 52.4 Å². The van der Waals surface area contributed by atoms with Gasteiger partial charge in [-0.05, 0) is 24.3 Å². The number of imide groups is 1. The van der Waals surface area contributed by atoms with Crippen molar-refractivity contribution in [1.29, 1.82) is 0 Å². The summed E-state index contributed by atoms with van der Waals surface area (Å²) in [4.78, 5) is 24.5. The van der Waals surface area contributed by atoms with Gasteiger partial charge in [0, 0.05) is 5.02 Å². The predicted octanol–water partition coefficient (Wildman–Crippen LogP) is 4.63. The second-order valence-corrected chi connectivity index (χ2v) is 5.94. The van der Waals surface area contributed by atoms with Crippen LogP contribution in [0.5, 0.6) is 11.5 Å². The van der Waals surface area contributed by atoms with E-state index in [0.717, 1.165) is 0 Å². The van der Waals surface area contributed by atoms with Gasteiger partial charge in [0.15, 0.2) is 0 Å². The molecule has 0 bridgehead atoms. The molecule has 9 heteroatoms. The number of hydrogen-bond acceptors (Lipinski definition) is 4. The summed E-state index contributed by atoms with van der Waals surface area (Å²) in [5.74, 6) is -0.201. The van der Waals surface area contributed by atoms with Crippen molar-refractivity contribution in [2.24, 2.45) is 0 Å². The number of anilines is 1. The summed E-state index contributed by atoms with van der Waals surface area (Å²) >= 11 is 17.8. The van der Waals surface area contributed by atoms with Crippen LogP contribution in [-0.2, 0) is 0 Å². The molecule has 2 aromatic carbocycles. The number of nitrogens with one attached hydrogen (secondary N) is 2. The molecule has 2 aromatic rings. The maximum atomic E-state index is 12.4. The summed E-state index contributed by atoms with van der Waals surface area (Å²) in [7, 11) is 2.80. The average Bonchev–Trinajstić information content (AvgIpc) is 2.57. The molecule has 0 unspecified atom stereocenters. The average molecular weight is 404 g/mol. The minimum Gasteiger partial charge on any atom is -0.496 e. The maximum absolute atomic E-state index is 12.4. The minimum absolute atomic E-state index is 0.0796. The number of rotatable bonds is 4. The van der Waals surface area contributed by atoms with Crippen LogP contribution >= 0.6 is 34.8 Å². The molecule has 25 heavy (non-hydrogen) atoms. The number of benzene rings is 2. The number of amides is 3. The van der Waals surface area contributed by atoms with Gasteiger partial charge in [0.05, 0.1) is 30.0 Å². The van der Waals surface area contributed by atoms with Crippen LogP contribution < -0.4 is 20.1 Å². The van der Waals surface area contributed by atoms with Crippen LogP contribution in [-0.4, -0.2) is 26.2 Å². The van der Waals surface area contributed by atoms with E-state index in [-0.39, 0.29) is 32.8 Å². The highest BCUT2D eigenvalue weighted by Gasteiger charge is 2.21. The molecule has 0 fully saturated rings. The highest BCUT2D eigenvalue weighted by Crippen LogP contribution is 2.33. The molecule has 0 saturated heterocycles. The SMILES string of the molecule is COc1cccc(OC)c1C(=O)NC(=O)Nc1c(Cl)cc(Cl)cc1Cl. The van der Waals surface area contributed by atoms with Crippen LogP contribution in [0.3, 0.4) is 0 Å². The molecule has 0 aromatic heterocycles. The second kappa shape index (κ2) is 8.29. The van der Waals surface area contributed by atoms with Crippen molar-refractivity contribution in [2.75, 3.05) is 19.5 Å². The van der Waals surface area contributed by atoms with Gasteiger partial charge in [-0.2, -0.15) is 0 Å². The normalized spacial score (nSPS) is 10.1. The number of hydrogen-bond donors (Lipinski definition) is 2. The third-order valence-corrected chi connectivity index (χ3v) is 3.94. The van der Waals surface area contributed by atoms with E-state index >= 15 is 0 Å². The number of carbonyl (C=O) groups is 2. The standard InChI is InChI=1S/C16H13Cl3N2O4/c1-24-11-4-3-5-12(25-2)13(11)15(22)21-16(23)20-14-9(18)6-8(17)7-10(14)19/h3-7H,1-2H3,(H2,20,21,22,23). The van der Waals surface area contributed by atoms with Crippen molar-refractivity contribution in [3.05, 3.63) is 51.0 Å². The molecule has 0 aliphatic rings. The first-order chi connectivity index (χ1) is 11.9. The van der Waals surface area contributed by atoms with Crippen LogP contribution in [0.1, 0.15) is 10.4 Å². The monoisotopic (exact) mass is 402 g/mol. The fraction of sp³-hybridized carbons (Fsp3) is 0.125. The molecule has 3 amide bonds. The molecule has 0 aliphatic heterocycles. The zero-order valence-corrected chi connectivity index (χ0v) is 15.4. The first-order valence-corrected chi connectivity index (χ1v) is 7.98. The van der Waals surface area contributed by atoms with Crippen molar-refractivity contribution in [3.63, 3.8) is 0 Å². The zero-order valence-electron chi connectivity index (χ0n) is 13.2. The highest BCUT2D eigenvalue weighted by molar-refractivity contribution is 6.42. The third kappa shape index (κ3) is 4.48. The van der Waals surface area contributed by atoms with Gasteiger partial charge in [0.2, 0.25) is 0 Å². The maximum Gasteiger partial charge on any atom is 0.326 e. The van der Waals surface area contributed by atoms with Crippen molar-refractivity contribution < 1.29 is 19.1 Å². The van der Waals surface area contributed by atoms with Gasteiger partial charge in [-0.25, -0.2) is 4.79 Å². The van der Waals surface area contributed by atoms with Crippen LogP contribution in [0, 0.1) is 0 Å². The summed E-state index contributed by atoms with van der Waals surface area (Å²) in [6, 6.07) is 6.79. The lowest BCUT2D eigenvalue weighted by atomic mass is 10.1. The predicted molar refractivity (Wildman–Crippen MR) is 97.5 cm³/mol. The molecule has 2 rings (SSSR count). The number of urea groups is 1. The van der Waals surface area contributed by atoms with Gasteiger partial charge in [-0.15, -0.1) is 0 Å². The molecule has 0 aliphatic carbocycles. The lowest BCUT2D eigenvalue weighted by Crippen LogP contribution is -2.35. The van der Waals surface area contributed by atoms with E-state index in [1.165, 1.54) is 26.4 Å². The molecule has 0 heterocycles.